The minimum absolute atomic E-state index is 0.0293. The number of phenolic OH excluding ortho intramolecular Hbond substituents is 1. The molecule has 0 bridgehead atoms. The first-order chi connectivity index (χ1) is 15.9. The maximum absolute atomic E-state index is 13.6. The lowest BCUT2D eigenvalue weighted by atomic mass is 9.59. The molecule has 3 aliphatic carbocycles. The Morgan fingerprint density at radius 3 is 2.47 bits per heavy atom. The van der Waals surface area contributed by atoms with E-state index in [1.807, 2.05) is 13.0 Å². The van der Waals surface area contributed by atoms with Crippen LogP contribution in [0.4, 0.5) is 0 Å². The molecule has 0 aliphatic heterocycles. The zero-order valence-electron chi connectivity index (χ0n) is 20.4. The van der Waals surface area contributed by atoms with Crippen molar-refractivity contribution < 1.29 is 29.7 Å². The van der Waals surface area contributed by atoms with Crippen LogP contribution in [-0.2, 0) is 16.0 Å². The molecule has 0 radical (unpaired) electrons. The molecular formula is C28H32O6. The van der Waals surface area contributed by atoms with Gasteiger partial charge >= 0.3 is 0 Å². The van der Waals surface area contributed by atoms with E-state index in [2.05, 4.69) is 19.9 Å². The van der Waals surface area contributed by atoms with Crippen molar-refractivity contribution in [3.05, 3.63) is 57.4 Å². The highest BCUT2D eigenvalue weighted by Gasteiger charge is 2.58. The third kappa shape index (κ3) is 3.47. The van der Waals surface area contributed by atoms with Gasteiger partial charge in [-0.15, -0.1) is 0 Å². The number of phenols is 1. The number of Topliss-reactive ketones (excluding diaryl/α,β-unsaturated/α-hetero) is 3. The van der Waals surface area contributed by atoms with Crippen LogP contribution < -0.4 is 0 Å². The summed E-state index contributed by atoms with van der Waals surface area (Å²) in [6, 6.07) is 3.29. The fourth-order valence-electron chi connectivity index (χ4n) is 5.92. The lowest BCUT2D eigenvalue weighted by Gasteiger charge is -2.46. The Kier molecular flexibility index (Phi) is 5.93. The molecule has 4 rings (SSSR count). The quantitative estimate of drug-likeness (QED) is 0.560. The van der Waals surface area contributed by atoms with Gasteiger partial charge in [-0.1, -0.05) is 31.6 Å². The molecule has 0 spiro atoms. The molecule has 3 aliphatic rings. The Morgan fingerprint density at radius 1 is 1.18 bits per heavy atom. The number of rotatable bonds is 4. The first-order valence-corrected chi connectivity index (χ1v) is 11.9. The Balaban J connectivity index is 1.87. The number of aliphatic hydroxyl groups is 2. The van der Waals surface area contributed by atoms with Gasteiger partial charge in [-0.2, -0.15) is 0 Å². The Morgan fingerprint density at radius 2 is 1.85 bits per heavy atom. The highest BCUT2D eigenvalue weighted by molar-refractivity contribution is 6.25. The molecule has 180 valence electrons. The smallest absolute Gasteiger partial charge is 0.205 e. The monoisotopic (exact) mass is 464 g/mol. The van der Waals surface area contributed by atoms with Crippen LogP contribution >= 0.6 is 0 Å². The molecule has 3 atom stereocenters. The average molecular weight is 465 g/mol. The third-order valence-electron chi connectivity index (χ3n) is 7.62. The van der Waals surface area contributed by atoms with Crippen LogP contribution in [0.2, 0.25) is 0 Å². The highest BCUT2D eigenvalue weighted by atomic mass is 16.3. The van der Waals surface area contributed by atoms with Gasteiger partial charge in [0.25, 0.3) is 0 Å². The second-order valence-corrected chi connectivity index (χ2v) is 10.4. The van der Waals surface area contributed by atoms with Crippen molar-refractivity contribution in [2.45, 2.75) is 65.9 Å². The molecule has 0 saturated heterocycles. The molecule has 0 fully saturated rings. The van der Waals surface area contributed by atoms with Crippen molar-refractivity contribution in [1.29, 1.82) is 0 Å². The van der Waals surface area contributed by atoms with E-state index in [1.54, 1.807) is 6.92 Å². The van der Waals surface area contributed by atoms with Crippen molar-refractivity contribution in [3.63, 3.8) is 0 Å². The van der Waals surface area contributed by atoms with Gasteiger partial charge < -0.3 is 15.3 Å². The summed E-state index contributed by atoms with van der Waals surface area (Å²) in [6.45, 7) is 9.20. The van der Waals surface area contributed by atoms with Crippen molar-refractivity contribution in [2.75, 3.05) is 0 Å². The zero-order chi connectivity index (χ0) is 25.1. The summed E-state index contributed by atoms with van der Waals surface area (Å²) in [5.41, 5.74) is 0.888. The van der Waals surface area contributed by atoms with Gasteiger partial charge in [0, 0.05) is 11.5 Å². The molecule has 0 heterocycles. The van der Waals surface area contributed by atoms with E-state index in [-0.39, 0.29) is 28.9 Å². The van der Waals surface area contributed by atoms with Crippen LogP contribution in [0.5, 0.6) is 5.75 Å². The summed E-state index contributed by atoms with van der Waals surface area (Å²) < 4.78 is 0. The van der Waals surface area contributed by atoms with Gasteiger partial charge in [0.2, 0.25) is 5.78 Å². The average Bonchev–Trinajstić information content (AvgIpc) is 2.74. The zero-order valence-corrected chi connectivity index (χ0v) is 20.4. The van der Waals surface area contributed by atoms with Crippen LogP contribution in [-0.4, -0.2) is 38.3 Å². The van der Waals surface area contributed by atoms with Gasteiger partial charge in [-0.05, 0) is 81.1 Å². The van der Waals surface area contributed by atoms with Crippen molar-refractivity contribution in [2.24, 2.45) is 17.8 Å². The lowest BCUT2D eigenvalue weighted by molar-refractivity contribution is -0.143. The molecular weight excluding hydrogens is 432 g/mol. The van der Waals surface area contributed by atoms with E-state index in [4.69, 9.17) is 0 Å². The fraction of sp³-hybridized carbons (Fsp3) is 0.464. The number of carbonyl (C=O) groups excluding carboxylic acids is 3. The molecule has 3 N–H and O–H groups in total. The van der Waals surface area contributed by atoms with Crippen molar-refractivity contribution in [1.82, 2.24) is 0 Å². The SMILES string of the molecule is CC(=O)C1=C(C)C[C@H]2C[C@H]3Cc4c(/C(C)=C\CC(C)C)ccc(O)c4C(=O)C3=C(O)[C@@]2(O)C1=O. The van der Waals surface area contributed by atoms with Gasteiger partial charge in [0.1, 0.15) is 11.5 Å². The summed E-state index contributed by atoms with van der Waals surface area (Å²) in [5.74, 6) is -3.31. The molecule has 0 unspecified atom stereocenters. The molecule has 34 heavy (non-hydrogen) atoms. The largest absolute Gasteiger partial charge is 0.508 e. The lowest BCUT2D eigenvalue weighted by Crippen LogP contribution is -2.56. The maximum Gasteiger partial charge on any atom is 0.205 e. The molecule has 1 aromatic carbocycles. The first kappa shape index (κ1) is 24.1. The molecule has 6 heteroatoms. The minimum Gasteiger partial charge on any atom is -0.508 e. The second-order valence-electron chi connectivity index (χ2n) is 10.4. The third-order valence-corrected chi connectivity index (χ3v) is 7.62. The number of aliphatic hydroxyl groups excluding tert-OH is 1. The maximum atomic E-state index is 13.6. The summed E-state index contributed by atoms with van der Waals surface area (Å²) in [6.07, 6.45) is 4.01. The van der Waals surface area contributed by atoms with Gasteiger partial charge in [0.15, 0.2) is 17.2 Å². The van der Waals surface area contributed by atoms with E-state index >= 15 is 0 Å². The van der Waals surface area contributed by atoms with E-state index in [9.17, 15) is 29.7 Å². The van der Waals surface area contributed by atoms with Crippen molar-refractivity contribution >= 4 is 22.9 Å². The standard InChI is InChI=1S/C28H32O6/c1-13(2)6-7-14(3)19-8-9-21(30)24-20(19)12-17-11-18-10-15(4)22(16(5)29)26(32)28(18,34)27(33)23(17)25(24)31/h7-9,13,17-18,30,33-34H,6,10-12H2,1-5H3/b14-7-/t17-,18-,28-/m0/s1. The van der Waals surface area contributed by atoms with Crippen LogP contribution in [0.3, 0.4) is 0 Å². The first-order valence-electron chi connectivity index (χ1n) is 11.9. The second kappa shape index (κ2) is 8.35. The number of benzene rings is 1. The predicted octanol–water partition coefficient (Wildman–Crippen LogP) is 4.64. The summed E-state index contributed by atoms with van der Waals surface area (Å²) in [7, 11) is 0. The number of ketones is 3. The Labute approximate surface area is 199 Å². The molecule has 0 amide bonds. The predicted molar refractivity (Wildman–Crippen MR) is 128 cm³/mol. The summed E-state index contributed by atoms with van der Waals surface area (Å²) >= 11 is 0. The van der Waals surface area contributed by atoms with Gasteiger partial charge in [-0.25, -0.2) is 0 Å². The Bertz CT molecular complexity index is 1210. The minimum atomic E-state index is -2.31. The summed E-state index contributed by atoms with van der Waals surface area (Å²) in [4.78, 5) is 38.9. The van der Waals surface area contributed by atoms with Gasteiger partial charge in [0.05, 0.1) is 11.1 Å². The van der Waals surface area contributed by atoms with Gasteiger partial charge in [-0.3, -0.25) is 14.4 Å². The van der Waals surface area contributed by atoms with Crippen LogP contribution in [0, 0.1) is 17.8 Å². The van der Waals surface area contributed by atoms with Crippen molar-refractivity contribution in [3.8, 4) is 5.75 Å². The number of fused-ring (bicyclic) bond motifs is 3. The highest BCUT2D eigenvalue weighted by Crippen LogP contribution is 2.52. The molecule has 6 nitrogen and oxygen atoms in total. The molecule has 0 aromatic heterocycles. The van der Waals surface area contributed by atoms with Crippen LogP contribution in [0.1, 0.15) is 75.4 Å². The fourth-order valence-corrected chi connectivity index (χ4v) is 5.92. The van der Waals surface area contributed by atoms with E-state index < -0.39 is 40.5 Å². The number of hydrogen-bond donors (Lipinski definition) is 3. The van der Waals surface area contributed by atoms with E-state index in [1.165, 1.54) is 13.0 Å². The van der Waals surface area contributed by atoms with E-state index in [0.717, 1.165) is 23.1 Å². The van der Waals surface area contributed by atoms with Crippen LogP contribution in [0.25, 0.3) is 5.57 Å². The molecule has 1 aromatic rings. The normalized spacial score (nSPS) is 27.1. The number of allylic oxidation sites excluding steroid dienone is 4. The number of aromatic hydroxyl groups is 1. The number of carbonyl (C=O) groups is 3. The van der Waals surface area contributed by atoms with E-state index in [0.29, 0.717) is 24.3 Å². The molecule has 0 saturated carbocycles. The summed E-state index contributed by atoms with van der Waals surface area (Å²) in [5, 5.41) is 33.2. The topological polar surface area (TPSA) is 112 Å². The number of hydrogen-bond acceptors (Lipinski definition) is 6. The Hall–Kier alpha value is -2.99. The van der Waals surface area contributed by atoms with Crippen LogP contribution in [0.15, 0.2) is 40.7 Å².